The molecule has 2 amide bonds. The zero-order valence-corrected chi connectivity index (χ0v) is 25.9. The summed E-state index contributed by atoms with van der Waals surface area (Å²) in [4.78, 5) is 61.4. The van der Waals surface area contributed by atoms with Crippen molar-refractivity contribution in [3.8, 4) is 5.75 Å². The fourth-order valence-electron chi connectivity index (χ4n) is 7.32. The number of Topliss-reactive ketones (excluding diaryl/α,β-unsaturated/α-hetero) is 1. The lowest BCUT2D eigenvalue weighted by Crippen LogP contribution is -2.46. The molecule has 1 aromatic heterocycles. The topological polar surface area (TPSA) is 134 Å². The minimum atomic E-state index is -0.949. The van der Waals surface area contributed by atoms with Crippen LogP contribution in [0.15, 0.2) is 23.0 Å². The Balaban J connectivity index is 1.52. The molecule has 0 spiro atoms. The number of methoxy groups -OCH3 is 1. The predicted molar refractivity (Wildman–Crippen MR) is 160 cm³/mol. The Hall–Kier alpha value is -3.64. The number of aromatic nitrogens is 2. The minimum absolute atomic E-state index is 0.0298. The van der Waals surface area contributed by atoms with E-state index in [4.69, 9.17) is 4.74 Å². The number of aryl methyl sites for hydroxylation is 1. The maximum Gasteiger partial charge on any atom is 0.296 e. The van der Waals surface area contributed by atoms with Gasteiger partial charge in [0.1, 0.15) is 11.6 Å². The fourth-order valence-corrected chi connectivity index (χ4v) is 7.32. The number of fused-ring (bicyclic) bond motifs is 2. The molecule has 44 heavy (non-hydrogen) atoms. The molecule has 1 aliphatic carbocycles. The summed E-state index contributed by atoms with van der Waals surface area (Å²) in [6.45, 7) is 4.21. The summed E-state index contributed by atoms with van der Waals surface area (Å²) in [6, 6.07) is 4.73. The number of rotatable bonds is 10. The number of benzene rings is 1. The van der Waals surface area contributed by atoms with Crippen LogP contribution in [0, 0.1) is 18.2 Å². The van der Waals surface area contributed by atoms with Crippen LogP contribution in [0.2, 0.25) is 0 Å². The maximum atomic E-state index is 13.8. The maximum absolute atomic E-state index is 13.8. The number of likely N-dealkylation sites (N-methyl/N-ethyl adjacent to an activating group) is 1. The number of halogens is 1. The summed E-state index contributed by atoms with van der Waals surface area (Å²) in [5.41, 5.74) is -1.37. The van der Waals surface area contributed by atoms with Gasteiger partial charge in [0, 0.05) is 64.1 Å². The summed E-state index contributed by atoms with van der Waals surface area (Å²) in [6.07, 6.45) is 4.35. The minimum Gasteiger partial charge on any atom is -0.501 e. The van der Waals surface area contributed by atoms with Crippen molar-refractivity contribution < 1.29 is 28.6 Å². The molecule has 4 aliphatic rings. The molecule has 1 atom stereocenters. The molecule has 2 N–H and O–H groups in total. The van der Waals surface area contributed by atoms with Crippen LogP contribution in [0.4, 0.5) is 4.39 Å². The number of likely N-dealkylation sites (tertiary alicyclic amines) is 1. The molecule has 4 heterocycles. The van der Waals surface area contributed by atoms with E-state index in [1.54, 1.807) is 26.2 Å². The van der Waals surface area contributed by atoms with Crippen LogP contribution in [0.1, 0.15) is 72.4 Å². The molecule has 3 aliphatic heterocycles. The molecule has 1 saturated heterocycles. The molecule has 0 radical (unpaired) electrons. The molecule has 0 unspecified atom stereocenters. The molecule has 6 rings (SSSR count). The second kappa shape index (κ2) is 12.4. The van der Waals surface area contributed by atoms with Crippen LogP contribution in [0.3, 0.4) is 0 Å². The Labute approximate surface area is 256 Å². The van der Waals surface area contributed by atoms with Crippen molar-refractivity contribution >= 4 is 17.6 Å². The van der Waals surface area contributed by atoms with E-state index >= 15 is 0 Å². The molecular formula is C32H42FN5O6. The number of ether oxygens (including phenoxy) is 1. The third kappa shape index (κ3) is 6.01. The van der Waals surface area contributed by atoms with Gasteiger partial charge in [-0.25, -0.2) is 9.37 Å². The summed E-state index contributed by atoms with van der Waals surface area (Å²) in [5.74, 6) is -2.85. The highest BCUT2D eigenvalue weighted by Crippen LogP contribution is 2.53. The first kappa shape index (κ1) is 31.8. The lowest BCUT2D eigenvalue weighted by Gasteiger charge is -2.44. The Bertz CT molecular complexity index is 1510. The van der Waals surface area contributed by atoms with Crippen LogP contribution in [-0.4, -0.2) is 89.0 Å². The summed E-state index contributed by atoms with van der Waals surface area (Å²) in [7, 11) is 4.73. The lowest BCUT2D eigenvalue weighted by atomic mass is 9.62. The number of hydrogen-bond acceptors (Lipinski definition) is 8. The Morgan fingerprint density at radius 1 is 1.20 bits per heavy atom. The van der Waals surface area contributed by atoms with Gasteiger partial charge in [0.2, 0.25) is 11.5 Å². The van der Waals surface area contributed by atoms with Crippen molar-refractivity contribution in [2.75, 3.05) is 40.9 Å². The van der Waals surface area contributed by atoms with Gasteiger partial charge >= 0.3 is 0 Å². The van der Waals surface area contributed by atoms with Gasteiger partial charge in [0.05, 0.1) is 6.61 Å². The molecule has 2 bridgehead atoms. The second-order valence-electron chi connectivity index (χ2n) is 13.1. The van der Waals surface area contributed by atoms with Crippen LogP contribution in [0.5, 0.6) is 5.75 Å². The number of hydrogen-bond donors (Lipinski definition) is 2. The number of nitrogens with zero attached hydrogens (tertiary/aromatic N) is 4. The van der Waals surface area contributed by atoms with Gasteiger partial charge in [-0.1, -0.05) is 12.1 Å². The van der Waals surface area contributed by atoms with Gasteiger partial charge in [-0.2, -0.15) is 0 Å². The van der Waals surface area contributed by atoms with E-state index in [9.17, 15) is 28.7 Å². The zero-order chi connectivity index (χ0) is 31.8. The quantitative estimate of drug-likeness (QED) is 0.391. The Kier molecular flexibility index (Phi) is 8.95. The van der Waals surface area contributed by atoms with Crippen molar-refractivity contribution in [2.24, 2.45) is 5.41 Å². The average molecular weight is 612 g/mol. The fraction of sp³-hybridized carbons (Fsp3) is 0.594. The van der Waals surface area contributed by atoms with E-state index < -0.39 is 40.0 Å². The van der Waals surface area contributed by atoms with E-state index in [0.717, 1.165) is 25.9 Å². The monoisotopic (exact) mass is 611 g/mol. The molecule has 1 saturated carbocycles. The van der Waals surface area contributed by atoms with Gasteiger partial charge < -0.3 is 20.1 Å². The molecular weight excluding hydrogens is 569 g/mol. The molecule has 11 nitrogen and oxygen atoms in total. The van der Waals surface area contributed by atoms with Crippen molar-refractivity contribution in [3.05, 3.63) is 57.0 Å². The third-order valence-corrected chi connectivity index (χ3v) is 9.81. The number of ketones is 1. The van der Waals surface area contributed by atoms with Gasteiger partial charge in [0.15, 0.2) is 5.69 Å². The summed E-state index contributed by atoms with van der Waals surface area (Å²) in [5, 5.41) is 13.7. The molecule has 12 heteroatoms. The van der Waals surface area contributed by atoms with Crippen molar-refractivity contribution in [2.45, 2.75) is 76.4 Å². The molecule has 2 fully saturated rings. The van der Waals surface area contributed by atoms with Gasteiger partial charge in [-0.3, -0.25) is 28.6 Å². The highest BCUT2D eigenvalue weighted by atomic mass is 19.1. The third-order valence-electron chi connectivity index (χ3n) is 9.81. The van der Waals surface area contributed by atoms with E-state index in [-0.39, 0.29) is 42.6 Å². The largest absolute Gasteiger partial charge is 0.501 e. The van der Waals surface area contributed by atoms with Crippen LogP contribution in [-0.2, 0) is 32.8 Å². The standard InChI is InChI=1S/C32H42FN5O6/c1-20-14-21(7-8-23(20)33)16-34-27(41)25-26(40)29(43)38-19-31(18-37-13-5-6-22(37)17-44-4)9-11-32(12-10-31,30(38)35-25)15-24(39)28(42)36(2)3/h7-8,14,22,40H,5-6,9-13,15-19H2,1-4H3,(H,34,41)/t22-,31?,32?/m1/s1. The highest BCUT2D eigenvalue weighted by molar-refractivity contribution is 6.36. The number of amides is 2. The summed E-state index contributed by atoms with van der Waals surface area (Å²) >= 11 is 0. The Morgan fingerprint density at radius 3 is 2.59 bits per heavy atom. The number of aromatic hydroxyl groups is 1. The van der Waals surface area contributed by atoms with E-state index in [1.807, 2.05) is 0 Å². The molecule has 238 valence electrons. The molecule has 1 aromatic carbocycles. The second-order valence-corrected chi connectivity index (χ2v) is 13.1. The number of carbonyl (C=O) groups is 3. The van der Waals surface area contributed by atoms with E-state index in [0.29, 0.717) is 43.4 Å². The first-order valence-corrected chi connectivity index (χ1v) is 15.2. The van der Waals surface area contributed by atoms with Gasteiger partial charge in [-0.15, -0.1) is 0 Å². The first-order valence-electron chi connectivity index (χ1n) is 15.2. The van der Waals surface area contributed by atoms with Gasteiger partial charge in [-0.05, 0) is 69.2 Å². The van der Waals surface area contributed by atoms with Crippen LogP contribution >= 0.6 is 0 Å². The van der Waals surface area contributed by atoms with E-state index in [1.165, 1.54) is 29.6 Å². The van der Waals surface area contributed by atoms with Gasteiger partial charge in [0.25, 0.3) is 17.4 Å². The smallest absolute Gasteiger partial charge is 0.296 e. The normalized spacial score (nSPS) is 24.5. The average Bonchev–Trinajstić information content (AvgIpc) is 3.32. The highest BCUT2D eigenvalue weighted by Gasteiger charge is 2.53. The summed E-state index contributed by atoms with van der Waals surface area (Å²) < 4.78 is 20.6. The predicted octanol–water partition coefficient (Wildman–Crippen LogP) is 2.30. The van der Waals surface area contributed by atoms with Crippen LogP contribution < -0.4 is 10.9 Å². The van der Waals surface area contributed by atoms with E-state index in [2.05, 4.69) is 15.2 Å². The van der Waals surface area contributed by atoms with Crippen LogP contribution in [0.25, 0.3) is 0 Å². The Morgan fingerprint density at radius 2 is 1.93 bits per heavy atom. The van der Waals surface area contributed by atoms with Crippen molar-refractivity contribution in [3.63, 3.8) is 0 Å². The zero-order valence-electron chi connectivity index (χ0n) is 25.9. The van der Waals surface area contributed by atoms with Crippen molar-refractivity contribution in [1.82, 2.24) is 24.7 Å². The first-order chi connectivity index (χ1) is 20.9. The SMILES string of the molecule is COC[C@H]1CCCN1CC12CCC(CC(=O)C(=O)N(C)C)(CC1)c1nc(C(=O)NCc3ccc(F)c(C)c3)c(O)c(=O)n1C2. The lowest BCUT2D eigenvalue weighted by molar-refractivity contribution is -0.144. The number of carbonyl (C=O) groups excluding carboxylic acids is 3. The number of nitrogens with one attached hydrogen (secondary N) is 1. The molecule has 2 aromatic rings. The van der Waals surface area contributed by atoms with Crippen molar-refractivity contribution in [1.29, 1.82) is 0 Å².